The van der Waals surface area contributed by atoms with E-state index in [0.29, 0.717) is 0 Å². The van der Waals surface area contributed by atoms with Crippen molar-refractivity contribution < 1.29 is 4.39 Å². The highest BCUT2D eigenvalue weighted by Gasteiger charge is 2.16. The van der Waals surface area contributed by atoms with Gasteiger partial charge >= 0.3 is 0 Å². The molecule has 0 saturated heterocycles. The fraction of sp³-hybridized carbons (Fsp3) is 0.385. The van der Waals surface area contributed by atoms with Crippen LogP contribution in [0.3, 0.4) is 0 Å². The molecule has 1 atom stereocenters. The summed E-state index contributed by atoms with van der Waals surface area (Å²) in [6.07, 6.45) is 0. The molecule has 3 heteroatoms. The second-order valence-electron chi connectivity index (χ2n) is 4.24. The number of halogens is 1. The van der Waals surface area contributed by atoms with Crippen LogP contribution in [0.1, 0.15) is 24.2 Å². The summed E-state index contributed by atoms with van der Waals surface area (Å²) in [6, 6.07) is 5.22. The van der Waals surface area contributed by atoms with Crippen LogP contribution in [0.5, 0.6) is 0 Å². The first kappa shape index (κ1) is 11.1. The number of hydrogen-bond acceptors (Lipinski definition) is 1. The smallest absolute Gasteiger partial charge is 0.123 e. The Hall–Kier alpha value is -1.35. The minimum Gasteiger partial charge on any atom is -0.346 e. The van der Waals surface area contributed by atoms with Gasteiger partial charge in [-0.3, -0.25) is 0 Å². The Kier molecular flexibility index (Phi) is 2.72. The lowest BCUT2D eigenvalue weighted by molar-refractivity contribution is 0.605. The van der Waals surface area contributed by atoms with Gasteiger partial charge in [0.1, 0.15) is 5.82 Å². The van der Waals surface area contributed by atoms with E-state index in [1.54, 1.807) is 6.07 Å². The Balaban J connectivity index is 2.76. The van der Waals surface area contributed by atoms with Crippen LogP contribution in [0.2, 0.25) is 0 Å². The number of aromatic nitrogens is 1. The second-order valence-corrected chi connectivity index (χ2v) is 4.24. The molecule has 0 bridgehead atoms. The highest BCUT2D eigenvalue weighted by Crippen LogP contribution is 2.29. The Bertz CT molecular complexity index is 528. The Labute approximate surface area is 95.1 Å². The molecule has 16 heavy (non-hydrogen) atoms. The SMILES string of the molecule is CNC(C)c1c(C)c2cc(F)ccc2n1C. The molecule has 1 heterocycles. The van der Waals surface area contributed by atoms with E-state index < -0.39 is 0 Å². The molecule has 2 rings (SSSR count). The average Bonchev–Trinajstić information content (AvgIpc) is 2.51. The zero-order chi connectivity index (χ0) is 11.9. The van der Waals surface area contributed by atoms with Gasteiger partial charge < -0.3 is 9.88 Å². The Morgan fingerprint density at radius 1 is 1.38 bits per heavy atom. The summed E-state index contributed by atoms with van der Waals surface area (Å²) in [4.78, 5) is 0. The van der Waals surface area contributed by atoms with Crippen LogP contribution < -0.4 is 5.32 Å². The van der Waals surface area contributed by atoms with E-state index in [-0.39, 0.29) is 11.9 Å². The molecule has 2 nitrogen and oxygen atoms in total. The molecule has 0 aliphatic rings. The fourth-order valence-corrected chi connectivity index (χ4v) is 2.37. The van der Waals surface area contributed by atoms with Crippen LogP contribution in [0.25, 0.3) is 10.9 Å². The van der Waals surface area contributed by atoms with Crippen molar-refractivity contribution in [2.24, 2.45) is 7.05 Å². The van der Waals surface area contributed by atoms with E-state index in [2.05, 4.69) is 16.8 Å². The quantitative estimate of drug-likeness (QED) is 0.823. The highest BCUT2D eigenvalue weighted by atomic mass is 19.1. The average molecular weight is 220 g/mol. The van der Waals surface area contributed by atoms with Crippen molar-refractivity contribution >= 4 is 10.9 Å². The molecule has 1 N–H and O–H groups in total. The van der Waals surface area contributed by atoms with Gasteiger partial charge in [-0.05, 0) is 44.7 Å². The maximum absolute atomic E-state index is 13.2. The van der Waals surface area contributed by atoms with Crippen molar-refractivity contribution in [1.82, 2.24) is 9.88 Å². The van der Waals surface area contributed by atoms with Crippen molar-refractivity contribution in [3.05, 3.63) is 35.3 Å². The van der Waals surface area contributed by atoms with Gasteiger partial charge in [-0.25, -0.2) is 4.39 Å². The summed E-state index contributed by atoms with van der Waals surface area (Å²) < 4.78 is 15.3. The molecule has 0 aliphatic heterocycles. The van der Waals surface area contributed by atoms with Gasteiger partial charge in [-0.2, -0.15) is 0 Å². The number of hydrogen-bond donors (Lipinski definition) is 1. The van der Waals surface area contributed by atoms with Gasteiger partial charge in [-0.15, -0.1) is 0 Å². The first-order valence-electron chi connectivity index (χ1n) is 5.48. The number of benzene rings is 1. The topological polar surface area (TPSA) is 17.0 Å². The molecule has 0 radical (unpaired) electrons. The van der Waals surface area contributed by atoms with Gasteiger partial charge in [0.15, 0.2) is 0 Å². The van der Waals surface area contributed by atoms with E-state index in [0.717, 1.165) is 16.5 Å². The summed E-state index contributed by atoms with van der Waals surface area (Å²) in [7, 11) is 3.96. The summed E-state index contributed by atoms with van der Waals surface area (Å²) in [5.41, 5.74) is 3.44. The highest BCUT2D eigenvalue weighted by molar-refractivity contribution is 5.85. The molecule has 0 saturated carbocycles. The van der Waals surface area contributed by atoms with Crippen molar-refractivity contribution in [3.63, 3.8) is 0 Å². The van der Waals surface area contributed by atoms with Crippen LogP contribution in [0, 0.1) is 12.7 Å². The monoisotopic (exact) mass is 220 g/mol. The third-order valence-electron chi connectivity index (χ3n) is 3.31. The third-order valence-corrected chi connectivity index (χ3v) is 3.31. The van der Waals surface area contributed by atoms with E-state index in [1.807, 2.05) is 27.1 Å². The number of nitrogens with zero attached hydrogens (tertiary/aromatic N) is 1. The van der Waals surface area contributed by atoms with Gasteiger partial charge in [0, 0.05) is 29.7 Å². The van der Waals surface area contributed by atoms with Gasteiger partial charge in [0.25, 0.3) is 0 Å². The minimum atomic E-state index is -0.176. The van der Waals surface area contributed by atoms with Crippen LogP contribution in [0.15, 0.2) is 18.2 Å². The molecule has 1 aromatic heterocycles. The van der Waals surface area contributed by atoms with Crippen LogP contribution in [-0.2, 0) is 7.05 Å². The van der Waals surface area contributed by atoms with E-state index in [4.69, 9.17) is 0 Å². The molecular formula is C13H17FN2. The first-order chi connectivity index (χ1) is 7.56. The number of aryl methyl sites for hydroxylation is 2. The number of fused-ring (bicyclic) bond motifs is 1. The second kappa shape index (κ2) is 3.91. The van der Waals surface area contributed by atoms with Gasteiger partial charge in [-0.1, -0.05) is 0 Å². The molecule has 86 valence electrons. The minimum absolute atomic E-state index is 0.176. The third kappa shape index (κ3) is 1.52. The lowest BCUT2D eigenvalue weighted by Gasteiger charge is -2.13. The normalized spacial score (nSPS) is 13.3. The van der Waals surface area contributed by atoms with Crippen LogP contribution in [-0.4, -0.2) is 11.6 Å². The first-order valence-corrected chi connectivity index (χ1v) is 5.48. The number of nitrogens with one attached hydrogen (secondary N) is 1. The fourth-order valence-electron chi connectivity index (χ4n) is 2.37. The molecule has 0 aliphatic carbocycles. The predicted molar refractivity (Wildman–Crippen MR) is 65.1 cm³/mol. The lowest BCUT2D eigenvalue weighted by Crippen LogP contribution is -2.16. The van der Waals surface area contributed by atoms with Crippen molar-refractivity contribution in [2.45, 2.75) is 19.9 Å². The van der Waals surface area contributed by atoms with Crippen molar-refractivity contribution in [3.8, 4) is 0 Å². The van der Waals surface area contributed by atoms with Crippen molar-refractivity contribution in [1.29, 1.82) is 0 Å². The molecule has 0 amide bonds. The maximum atomic E-state index is 13.2. The standard InChI is InChI=1S/C13H17FN2/c1-8-11-7-10(14)5-6-12(11)16(4)13(8)9(2)15-3/h5-7,9,15H,1-4H3. The van der Waals surface area contributed by atoms with Crippen molar-refractivity contribution in [2.75, 3.05) is 7.05 Å². The van der Waals surface area contributed by atoms with Gasteiger partial charge in [0.2, 0.25) is 0 Å². The van der Waals surface area contributed by atoms with E-state index in [9.17, 15) is 4.39 Å². The molecular weight excluding hydrogens is 203 g/mol. The van der Waals surface area contributed by atoms with Crippen LogP contribution >= 0.6 is 0 Å². The van der Waals surface area contributed by atoms with E-state index in [1.165, 1.54) is 11.8 Å². The molecule has 1 aromatic carbocycles. The van der Waals surface area contributed by atoms with Crippen LogP contribution in [0.4, 0.5) is 4.39 Å². The molecule has 2 aromatic rings. The largest absolute Gasteiger partial charge is 0.346 e. The number of rotatable bonds is 2. The molecule has 0 fully saturated rings. The summed E-state index contributed by atoms with van der Waals surface area (Å²) in [6.45, 7) is 4.16. The molecule has 1 unspecified atom stereocenters. The zero-order valence-electron chi connectivity index (χ0n) is 10.1. The zero-order valence-corrected chi connectivity index (χ0v) is 10.1. The van der Waals surface area contributed by atoms with Gasteiger partial charge in [0.05, 0.1) is 0 Å². The van der Waals surface area contributed by atoms with E-state index >= 15 is 0 Å². The summed E-state index contributed by atoms with van der Waals surface area (Å²) >= 11 is 0. The lowest BCUT2D eigenvalue weighted by atomic mass is 10.1. The Morgan fingerprint density at radius 3 is 2.69 bits per heavy atom. The summed E-state index contributed by atoms with van der Waals surface area (Å²) in [5, 5.41) is 4.22. The summed E-state index contributed by atoms with van der Waals surface area (Å²) in [5.74, 6) is -0.176. The Morgan fingerprint density at radius 2 is 2.06 bits per heavy atom. The predicted octanol–water partition coefficient (Wildman–Crippen LogP) is 2.91. The molecule has 0 spiro atoms. The maximum Gasteiger partial charge on any atom is 0.123 e.